The van der Waals surface area contributed by atoms with E-state index in [9.17, 15) is 0 Å². The minimum Gasteiger partial charge on any atom is -0.396 e. The van der Waals surface area contributed by atoms with Gasteiger partial charge in [0, 0.05) is 6.61 Å². The maximum absolute atomic E-state index is 8.95. The molecule has 10 heavy (non-hydrogen) atoms. The molecule has 0 radical (unpaired) electrons. The van der Waals surface area contributed by atoms with Crippen molar-refractivity contribution in [3.05, 3.63) is 12.2 Å². The SMILES string of the molecule is C[C@@H]1C=C[C@H](C)C[C@H]1CO. The van der Waals surface area contributed by atoms with E-state index in [0.29, 0.717) is 24.4 Å². The van der Waals surface area contributed by atoms with Crippen molar-refractivity contribution in [2.75, 3.05) is 6.61 Å². The van der Waals surface area contributed by atoms with Crippen molar-refractivity contribution in [1.82, 2.24) is 0 Å². The van der Waals surface area contributed by atoms with Crippen LogP contribution in [0.3, 0.4) is 0 Å². The predicted molar refractivity (Wildman–Crippen MR) is 42.7 cm³/mol. The van der Waals surface area contributed by atoms with Gasteiger partial charge in [-0.05, 0) is 24.2 Å². The normalized spacial score (nSPS) is 40.1. The second-order valence-corrected chi connectivity index (χ2v) is 3.40. The number of hydrogen-bond acceptors (Lipinski definition) is 1. The van der Waals surface area contributed by atoms with Crippen LogP contribution in [0.5, 0.6) is 0 Å². The van der Waals surface area contributed by atoms with Gasteiger partial charge in [-0.25, -0.2) is 0 Å². The third-order valence-corrected chi connectivity index (χ3v) is 2.40. The summed E-state index contributed by atoms with van der Waals surface area (Å²) in [5.41, 5.74) is 0. The standard InChI is InChI=1S/C9H16O/c1-7-3-4-8(2)9(5-7)6-10/h3-4,7-10H,5-6H2,1-2H3/t7-,8+,9-/m0/s1. The average molecular weight is 140 g/mol. The Labute approximate surface area is 62.8 Å². The summed E-state index contributed by atoms with van der Waals surface area (Å²) in [6.45, 7) is 4.71. The second-order valence-electron chi connectivity index (χ2n) is 3.40. The Balaban J connectivity index is 2.53. The molecule has 0 spiro atoms. The first-order chi connectivity index (χ1) is 4.74. The molecule has 1 aliphatic carbocycles. The third-order valence-electron chi connectivity index (χ3n) is 2.40. The molecule has 0 fully saturated rings. The van der Waals surface area contributed by atoms with Crippen LogP contribution in [0.2, 0.25) is 0 Å². The van der Waals surface area contributed by atoms with Crippen molar-refractivity contribution in [2.45, 2.75) is 20.3 Å². The van der Waals surface area contributed by atoms with Gasteiger partial charge in [-0.2, -0.15) is 0 Å². The highest BCUT2D eigenvalue weighted by atomic mass is 16.3. The Hall–Kier alpha value is -0.300. The van der Waals surface area contributed by atoms with E-state index >= 15 is 0 Å². The summed E-state index contributed by atoms with van der Waals surface area (Å²) in [6.07, 6.45) is 5.61. The maximum Gasteiger partial charge on any atom is 0.0465 e. The summed E-state index contributed by atoms with van der Waals surface area (Å²) >= 11 is 0. The van der Waals surface area contributed by atoms with Gasteiger partial charge >= 0.3 is 0 Å². The number of aliphatic hydroxyl groups excluding tert-OH is 1. The van der Waals surface area contributed by atoms with Gasteiger partial charge in [0.2, 0.25) is 0 Å². The molecule has 0 unspecified atom stereocenters. The molecule has 0 aliphatic heterocycles. The van der Waals surface area contributed by atoms with Crippen LogP contribution in [0.15, 0.2) is 12.2 Å². The molecule has 1 N–H and O–H groups in total. The fraction of sp³-hybridized carbons (Fsp3) is 0.778. The largest absolute Gasteiger partial charge is 0.396 e. The molecule has 1 rings (SSSR count). The monoisotopic (exact) mass is 140 g/mol. The summed E-state index contributed by atoms with van der Waals surface area (Å²) in [6, 6.07) is 0. The summed E-state index contributed by atoms with van der Waals surface area (Å²) < 4.78 is 0. The number of aliphatic hydroxyl groups is 1. The Morgan fingerprint density at radius 3 is 2.60 bits per heavy atom. The highest BCUT2D eigenvalue weighted by molar-refractivity contribution is 4.98. The van der Waals surface area contributed by atoms with Gasteiger partial charge in [0.25, 0.3) is 0 Å². The lowest BCUT2D eigenvalue weighted by Crippen LogP contribution is -2.20. The fourth-order valence-corrected chi connectivity index (χ4v) is 1.53. The zero-order chi connectivity index (χ0) is 7.56. The van der Waals surface area contributed by atoms with Gasteiger partial charge in [0.15, 0.2) is 0 Å². The summed E-state index contributed by atoms with van der Waals surface area (Å²) in [5.74, 6) is 1.73. The molecule has 0 bridgehead atoms. The van der Waals surface area contributed by atoms with Crippen LogP contribution in [-0.4, -0.2) is 11.7 Å². The maximum atomic E-state index is 8.95. The molecule has 0 heterocycles. The van der Waals surface area contributed by atoms with E-state index in [1.807, 2.05) is 0 Å². The lowest BCUT2D eigenvalue weighted by Gasteiger charge is -2.25. The summed E-state index contributed by atoms with van der Waals surface area (Å²) in [4.78, 5) is 0. The third kappa shape index (κ3) is 1.60. The van der Waals surface area contributed by atoms with Crippen molar-refractivity contribution in [2.24, 2.45) is 17.8 Å². The van der Waals surface area contributed by atoms with Gasteiger partial charge in [0.1, 0.15) is 0 Å². The number of hydrogen-bond donors (Lipinski definition) is 1. The number of rotatable bonds is 1. The first kappa shape index (κ1) is 7.80. The molecule has 0 aromatic rings. The van der Waals surface area contributed by atoms with Crippen LogP contribution in [0, 0.1) is 17.8 Å². The highest BCUT2D eigenvalue weighted by Gasteiger charge is 2.19. The average Bonchev–Trinajstić information content (AvgIpc) is 1.94. The van der Waals surface area contributed by atoms with E-state index < -0.39 is 0 Å². The van der Waals surface area contributed by atoms with Gasteiger partial charge < -0.3 is 5.11 Å². The number of allylic oxidation sites excluding steroid dienone is 2. The van der Waals surface area contributed by atoms with Crippen LogP contribution >= 0.6 is 0 Å². The van der Waals surface area contributed by atoms with Crippen LogP contribution in [-0.2, 0) is 0 Å². The quantitative estimate of drug-likeness (QED) is 0.551. The first-order valence-electron chi connectivity index (χ1n) is 4.03. The van der Waals surface area contributed by atoms with Crippen molar-refractivity contribution in [1.29, 1.82) is 0 Å². The van der Waals surface area contributed by atoms with Crippen molar-refractivity contribution in [3.8, 4) is 0 Å². The Kier molecular flexibility index (Phi) is 2.50. The van der Waals surface area contributed by atoms with Crippen LogP contribution in [0.25, 0.3) is 0 Å². The summed E-state index contributed by atoms with van der Waals surface area (Å²) in [7, 11) is 0. The van der Waals surface area contributed by atoms with E-state index in [2.05, 4.69) is 26.0 Å². The molecule has 1 aliphatic rings. The topological polar surface area (TPSA) is 20.2 Å². The van der Waals surface area contributed by atoms with E-state index in [0.717, 1.165) is 6.42 Å². The van der Waals surface area contributed by atoms with Gasteiger partial charge in [0.05, 0.1) is 0 Å². The van der Waals surface area contributed by atoms with Crippen LogP contribution < -0.4 is 0 Å². The van der Waals surface area contributed by atoms with E-state index in [1.54, 1.807) is 0 Å². The van der Waals surface area contributed by atoms with Crippen molar-refractivity contribution >= 4 is 0 Å². The lowest BCUT2D eigenvalue weighted by atomic mass is 9.81. The first-order valence-corrected chi connectivity index (χ1v) is 4.03. The van der Waals surface area contributed by atoms with Gasteiger partial charge in [-0.1, -0.05) is 26.0 Å². The predicted octanol–water partition coefficient (Wildman–Crippen LogP) is 1.83. The van der Waals surface area contributed by atoms with E-state index in [-0.39, 0.29) is 0 Å². The Morgan fingerprint density at radius 2 is 2.10 bits per heavy atom. The zero-order valence-electron chi connectivity index (χ0n) is 6.75. The van der Waals surface area contributed by atoms with Crippen LogP contribution in [0.1, 0.15) is 20.3 Å². The Bertz CT molecular complexity index is 129. The molecular formula is C9H16O. The molecule has 0 saturated carbocycles. The molecule has 0 aromatic carbocycles. The minimum atomic E-state index is 0.343. The summed E-state index contributed by atoms with van der Waals surface area (Å²) in [5, 5.41) is 8.95. The minimum absolute atomic E-state index is 0.343. The van der Waals surface area contributed by atoms with E-state index in [4.69, 9.17) is 5.11 Å². The fourth-order valence-electron chi connectivity index (χ4n) is 1.53. The molecule has 0 aromatic heterocycles. The van der Waals surface area contributed by atoms with Crippen molar-refractivity contribution in [3.63, 3.8) is 0 Å². The second kappa shape index (κ2) is 3.20. The smallest absolute Gasteiger partial charge is 0.0465 e. The Morgan fingerprint density at radius 1 is 1.40 bits per heavy atom. The highest BCUT2D eigenvalue weighted by Crippen LogP contribution is 2.27. The molecule has 58 valence electrons. The molecule has 1 heteroatoms. The molecular weight excluding hydrogens is 124 g/mol. The molecule has 3 atom stereocenters. The molecule has 0 saturated heterocycles. The van der Waals surface area contributed by atoms with Crippen LogP contribution in [0.4, 0.5) is 0 Å². The lowest BCUT2D eigenvalue weighted by molar-refractivity contribution is 0.175. The van der Waals surface area contributed by atoms with E-state index in [1.165, 1.54) is 0 Å². The van der Waals surface area contributed by atoms with Gasteiger partial charge in [-0.3, -0.25) is 0 Å². The molecule has 0 amide bonds. The van der Waals surface area contributed by atoms with Crippen molar-refractivity contribution < 1.29 is 5.11 Å². The molecule has 1 nitrogen and oxygen atoms in total. The van der Waals surface area contributed by atoms with Gasteiger partial charge in [-0.15, -0.1) is 0 Å². The zero-order valence-corrected chi connectivity index (χ0v) is 6.75.